The molecule has 9 atom stereocenters. The van der Waals surface area contributed by atoms with Crippen LogP contribution < -0.4 is 10.6 Å². The number of carbonyl (C=O) groups is 3. The third kappa shape index (κ3) is 4.25. The molecule has 1 aromatic carbocycles. The zero-order valence-corrected chi connectivity index (χ0v) is 22.7. The molecular formula is C29H36ClN3O5. The number of halogens is 1. The third-order valence-electron chi connectivity index (χ3n) is 9.48. The molecule has 3 amide bonds. The second kappa shape index (κ2) is 9.96. The van der Waals surface area contributed by atoms with Crippen molar-refractivity contribution < 1.29 is 23.9 Å². The summed E-state index contributed by atoms with van der Waals surface area (Å²) in [6.07, 6.45) is 7.91. The van der Waals surface area contributed by atoms with Crippen molar-refractivity contribution in [1.82, 2.24) is 10.2 Å². The molecule has 3 saturated heterocycles. The Morgan fingerprint density at radius 2 is 2.00 bits per heavy atom. The predicted octanol–water partition coefficient (Wildman–Crippen LogP) is 3.55. The molecule has 4 aliphatic heterocycles. The van der Waals surface area contributed by atoms with Gasteiger partial charge in [-0.15, -0.1) is 0 Å². The second-order valence-electron chi connectivity index (χ2n) is 11.7. The van der Waals surface area contributed by atoms with E-state index in [1.807, 2.05) is 12.2 Å². The Bertz CT molecular complexity index is 1150. The fourth-order valence-corrected chi connectivity index (χ4v) is 7.50. The minimum Gasteiger partial charge on any atom is -0.376 e. The van der Waals surface area contributed by atoms with Crippen molar-refractivity contribution in [1.29, 1.82) is 0 Å². The first-order valence-electron chi connectivity index (χ1n) is 13.9. The summed E-state index contributed by atoms with van der Waals surface area (Å²) in [6, 6.07) is 6.11. The molecule has 0 aromatic heterocycles. The van der Waals surface area contributed by atoms with Crippen molar-refractivity contribution in [2.24, 2.45) is 23.7 Å². The first kappa shape index (κ1) is 25.8. The molecule has 6 rings (SSSR count). The van der Waals surface area contributed by atoms with Gasteiger partial charge in [-0.1, -0.05) is 56.5 Å². The lowest BCUT2D eigenvalue weighted by Gasteiger charge is -2.38. The van der Waals surface area contributed by atoms with Crippen LogP contribution >= 0.6 is 11.6 Å². The van der Waals surface area contributed by atoms with E-state index in [0.29, 0.717) is 35.7 Å². The molecule has 5 aliphatic rings. The highest BCUT2D eigenvalue weighted by molar-refractivity contribution is 6.30. The zero-order valence-electron chi connectivity index (χ0n) is 21.9. The van der Waals surface area contributed by atoms with E-state index in [0.717, 1.165) is 32.1 Å². The lowest BCUT2D eigenvalue weighted by molar-refractivity contribution is -0.143. The molecule has 1 aromatic rings. The van der Waals surface area contributed by atoms with Gasteiger partial charge in [-0.05, 0) is 49.3 Å². The van der Waals surface area contributed by atoms with Crippen LogP contribution in [0.25, 0.3) is 0 Å². The minimum atomic E-state index is -1.18. The summed E-state index contributed by atoms with van der Waals surface area (Å²) in [5, 5.41) is 6.71. The van der Waals surface area contributed by atoms with Crippen molar-refractivity contribution in [2.45, 2.75) is 75.8 Å². The molecule has 2 bridgehead atoms. The van der Waals surface area contributed by atoms with Crippen LogP contribution in [0.1, 0.15) is 46.0 Å². The maximum atomic E-state index is 14.1. The highest BCUT2D eigenvalue weighted by atomic mass is 35.5. The maximum Gasteiger partial charge on any atom is 0.246 e. The Hall–Kier alpha value is -2.42. The zero-order chi connectivity index (χ0) is 26.6. The number of ether oxygens (including phenoxy) is 2. The molecule has 8 nitrogen and oxygen atoms in total. The van der Waals surface area contributed by atoms with E-state index < -0.39 is 29.6 Å². The van der Waals surface area contributed by atoms with Gasteiger partial charge in [0.15, 0.2) is 0 Å². The topological polar surface area (TPSA) is 97.0 Å². The molecule has 4 fully saturated rings. The number of benzene rings is 1. The first-order valence-corrected chi connectivity index (χ1v) is 14.3. The van der Waals surface area contributed by atoms with Gasteiger partial charge in [0.25, 0.3) is 0 Å². The second-order valence-corrected chi connectivity index (χ2v) is 12.1. The number of likely N-dealkylation sites (tertiary alicyclic amines) is 1. The van der Waals surface area contributed by atoms with Crippen LogP contribution in [0.5, 0.6) is 0 Å². The number of carbonyl (C=O) groups excluding carboxylic acids is 3. The van der Waals surface area contributed by atoms with E-state index >= 15 is 0 Å². The van der Waals surface area contributed by atoms with Crippen LogP contribution in [-0.4, -0.2) is 65.7 Å². The standard InChI is InChI=1S/C29H36ClN3O5/c1-16-6-3-10-21(17(16)2)32-27(35)25-29-12-11-22(38-29)23(26(34)31-19-8-4-7-18(30)14-19)24(29)28(36)33(25)15-20-9-5-13-37-20/h4,7-8,11-12,14,16-17,20-25H,3,5-6,9-10,13,15H2,1-2H3,(H,31,34)(H,32,35)/t16?,17?,20?,21?,22-,23?,24-,25?,29?/m1/s1. The quantitative estimate of drug-likeness (QED) is 0.537. The molecule has 204 valence electrons. The Morgan fingerprint density at radius 1 is 1.16 bits per heavy atom. The number of amides is 3. The SMILES string of the molecule is CC1CCCC(NC(=O)C2N(CC3CCCO3)C(=O)[C@H]3C(C(=O)Nc4cccc(Cl)c4)[C@H]4C=CC23O4)C1C. The summed E-state index contributed by atoms with van der Waals surface area (Å²) in [7, 11) is 0. The number of anilines is 1. The Labute approximate surface area is 228 Å². The van der Waals surface area contributed by atoms with Crippen LogP contribution in [0.3, 0.4) is 0 Å². The summed E-state index contributed by atoms with van der Waals surface area (Å²) in [5.74, 6) is -1.39. The van der Waals surface area contributed by atoms with E-state index in [9.17, 15) is 14.4 Å². The minimum absolute atomic E-state index is 0.0471. The molecule has 1 aliphatic carbocycles. The van der Waals surface area contributed by atoms with Crippen molar-refractivity contribution in [3.05, 3.63) is 41.4 Å². The number of rotatable bonds is 6. The fraction of sp³-hybridized carbons (Fsp3) is 0.621. The van der Waals surface area contributed by atoms with Gasteiger partial charge in [0.05, 0.1) is 24.0 Å². The summed E-state index contributed by atoms with van der Waals surface area (Å²) >= 11 is 6.11. The smallest absolute Gasteiger partial charge is 0.246 e. The monoisotopic (exact) mass is 541 g/mol. The van der Waals surface area contributed by atoms with Gasteiger partial charge in [-0.2, -0.15) is 0 Å². The highest BCUT2D eigenvalue weighted by Gasteiger charge is 2.73. The number of hydrogen-bond acceptors (Lipinski definition) is 5. The number of hydrogen-bond donors (Lipinski definition) is 2. The maximum absolute atomic E-state index is 14.1. The molecule has 2 N–H and O–H groups in total. The van der Waals surface area contributed by atoms with Crippen LogP contribution in [0, 0.1) is 23.7 Å². The lowest BCUT2D eigenvalue weighted by Crippen LogP contribution is -2.58. The van der Waals surface area contributed by atoms with Gasteiger partial charge in [0, 0.05) is 29.9 Å². The lowest BCUT2D eigenvalue weighted by atomic mass is 9.73. The summed E-state index contributed by atoms with van der Waals surface area (Å²) in [4.78, 5) is 43.3. The molecule has 1 spiro atoms. The van der Waals surface area contributed by atoms with Gasteiger partial charge < -0.3 is 25.0 Å². The first-order chi connectivity index (χ1) is 18.3. The summed E-state index contributed by atoms with van der Waals surface area (Å²) < 4.78 is 12.3. The Balaban J connectivity index is 1.30. The van der Waals surface area contributed by atoms with Crippen LogP contribution in [0.2, 0.25) is 5.02 Å². The van der Waals surface area contributed by atoms with Gasteiger partial charge in [-0.25, -0.2) is 0 Å². The van der Waals surface area contributed by atoms with Crippen molar-refractivity contribution in [3.8, 4) is 0 Å². The van der Waals surface area contributed by atoms with Crippen molar-refractivity contribution in [3.63, 3.8) is 0 Å². The van der Waals surface area contributed by atoms with Crippen molar-refractivity contribution >= 4 is 35.0 Å². The number of nitrogens with one attached hydrogen (secondary N) is 2. The van der Waals surface area contributed by atoms with Crippen LogP contribution in [0.4, 0.5) is 5.69 Å². The number of fused-ring (bicyclic) bond motifs is 1. The molecule has 7 unspecified atom stereocenters. The van der Waals surface area contributed by atoms with E-state index in [2.05, 4.69) is 24.5 Å². The average molecular weight is 542 g/mol. The van der Waals surface area contributed by atoms with E-state index in [1.54, 1.807) is 29.2 Å². The summed E-state index contributed by atoms with van der Waals surface area (Å²) in [5.41, 5.74) is -0.621. The molecule has 0 radical (unpaired) electrons. The van der Waals surface area contributed by atoms with Crippen molar-refractivity contribution in [2.75, 3.05) is 18.5 Å². The van der Waals surface area contributed by atoms with Gasteiger partial charge in [-0.3, -0.25) is 14.4 Å². The summed E-state index contributed by atoms with van der Waals surface area (Å²) in [6.45, 7) is 5.39. The molecule has 38 heavy (non-hydrogen) atoms. The Kier molecular flexibility index (Phi) is 6.77. The van der Waals surface area contributed by atoms with Crippen LogP contribution in [-0.2, 0) is 23.9 Å². The largest absolute Gasteiger partial charge is 0.376 e. The van der Waals surface area contributed by atoms with Gasteiger partial charge >= 0.3 is 0 Å². The highest BCUT2D eigenvalue weighted by Crippen LogP contribution is 2.55. The molecule has 4 heterocycles. The normalized spacial score (nSPS) is 39.4. The van der Waals surface area contributed by atoms with Gasteiger partial charge in [0.1, 0.15) is 11.6 Å². The van der Waals surface area contributed by atoms with Gasteiger partial charge in [0.2, 0.25) is 17.7 Å². The predicted molar refractivity (Wildman–Crippen MR) is 142 cm³/mol. The van der Waals surface area contributed by atoms with E-state index in [1.165, 1.54) is 0 Å². The average Bonchev–Trinajstić information content (AvgIpc) is 3.65. The van der Waals surface area contributed by atoms with E-state index in [-0.39, 0.29) is 29.9 Å². The molecular weight excluding hydrogens is 506 g/mol. The third-order valence-corrected chi connectivity index (χ3v) is 9.71. The molecule has 1 saturated carbocycles. The number of nitrogens with zero attached hydrogens (tertiary/aromatic N) is 1. The molecule has 9 heteroatoms. The van der Waals surface area contributed by atoms with E-state index in [4.69, 9.17) is 21.1 Å². The van der Waals surface area contributed by atoms with Crippen LogP contribution in [0.15, 0.2) is 36.4 Å². The fourth-order valence-electron chi connectivity index (χ4n) is 7.31. The Morgan fingerprint density at radius 3 is 2.76 bits per heavy atom.